The summed E-state index contributed by atoms with van der Waals surface area (Å²) in [4.78, 5) is 26.9. The number of nitrogens with zero attached hydrogens (tertiary/aromatic N) is 1. The minimum absolute atomic E-state index is 0.00345. The van der Waals surface area contributed by atoms with Crippen LogP contribution in [0.2, 0.25) is 0 Å². The van der Waals surface area contributed by atoms with Gasteiger partial charge in [-0.1, -0.05) is 76.7 Å². The number of unbranched alkanes of at least 4 members (excludes halogenated alkanes) is 2. The molecule has 1 aliphatic rings. The average Bonchev–Trinajstić information content (AvgIpc) is 2.97. The summed E-state index contributed by atoms with van der Waals surface area (Å²) in [6.07, 6.45) is 4.80. The summed E-state index contributed by atoms with van der Waals surface area (Å²) >= 11 is 10.1. The molecule has 0 radical (unpaired) electrons. The number of thioether (sulfide) groups is 1. The lowest BCUT2D eigenvalue weighted by Crippen LogP contribution is -2.29. The first-order valence-electron chi connectivity index (χ1n) is 9.39. The topological polar surface area (TPSA) is 49.4 Å². The minimum Gasteiger partial charge on any atom is -0.326 e. The van der Waals surface area contributed by atoms with Crippen LogP contribution in [0.5, 0.6) is 0 Å². The highest BCUT2D eigenvalue weighted by Gasteiger charge is 2.31. The summed E-state index contributed by atoms with van der Waals surface area (Å²) in [5.41, 5.74) is 1.78. The minimum atomic E-state index is -0.0307. The number of benzene rings is 2. The number of amides is 2. The maximum absolute atomic E-state index is 12.6. The second-order valence-electron chi connectivity index (χ2n) is 6.61. The molecule has 150 valence electrons. The van der Waals surface area contributed by atoms with Crippen molar-refractivity contribution in [3.63, 3.8) is 0 Å². The van der Waals surface area contributed by atoms with E-state index in [-0.39, 0.29) is 11.8 Å². The molecule has 0 spiro atoms. The Balaban J connectivity index is 1.39. The molecule has 0 saturated carbocycles. The predicted molar refractivity (Wildman–Crippen MR) is 128 cm³/mol. The molecule has 0 bridgehead atoms. The molecule has 2 aromatic rings. The molecule has 1 fully saturated rings. The smallest absolute Gasteiger partial charge is 0.266 e. The summed E-state index contributed by atoms with van der Waals surface area (Å²) in [6.45, 7) is 0.588. The first-order chi connectivity index (χ1) is 14.0. The molecule has 2 amide bonds. The fourth-order valence-corrected chi connectivity index (χ4v) is 4.46. The molecule has 0 aromatic heterocycles. The largest absolute Gasteiger partial charge is 0.326 e. The number of carbonyl (C=O) groups excluding carboxylic acids is 2. The maximum atomic E-state index is 12.6. The lowest BCUT2D eigenvalue weighted by atomic mass is 10.1. The van der Waals surface area contributed by atoms with E-state index < -0.39 is 0 Å². The van der Waals surface area contributed by atoms with E-state index >= 15 is 0 Å². The van der Waals surface area contributed by atoms with Crippen LogP contribution in [0.1, 0.15) is 31.2 Å². The third-order valence-electron chi connectivity index (χ3n) is 4.38. The van der Waals surface area contributed by atoms with Gasteiger partial charge in [-0.25, -0.2) is 0 Å². The molecule has 0 atom stereocenters. The Labute approximate surface area is 188 Å². The van der Waals surface area contributed by atoms with Gasteiger partial charge in [0.2, 0.25) is 5.91 Å². The number of halogens is 1. The van der Waals surface area contributed by atoms with Crippen molar-refractivity contribution < 1.29 is 9.59 Å². The fourth-order valence-electron chi connectivity index (χ4n) is 2.88. The molecule has 1 heterocycles. The molecule has 1 aliphatic heterocycles. The number of carbonyl (C=O) groups is 2. The molecule has 2 aromatic carbocycles. The van der Waals surface area contributed by atoms with Crippen molar-refractivity contribution >= 4 is 67.8 Å². The molecule has 1 N–H and O–H groups in total. The van der Waals surface area contributed by atoms with E-state index in [9.17, 15) is 9.59 Å². The zero-order chi connectivity index (χ0) is 20.6. The highest BCUT2D eigenvalue weighted by atomic mass is 79.9. The lowest BCUT2D eigenvalue weighted by Gasteiger charge is -2.14. The molecule has 0 unspecified atom stereocenters. The van der Waals surface area contributed by atoms with E-state index in [0.29, 0.717) is 22.2 Å². The first-order valence-corrected chi connectivity index (χ1v) is 11.4. The second-order valence-corrected chi connectivity index (χ2v) is 9.20. The first kappa shape index (κ1) is 21.7. The number of nitrogens with one attached hydrogen (secondary N) is 1. The Kier molecular flexibility index (Phi) is 8.03. The van der Waals surface area contributed by atoms with Gasteiger partial charge in [0.15, 0.2) is 0 Å². The molecule has 3 rings (SSSR count). The zero-order valence-electron chi connectivity index (χ0n) is 15.8. The average molecular weight is 489 g/mol. The predicted octanol–water partition coefficient (Wildman–Crippen LogP) is 5.85. The number of anilines is 1. The summed E-state index contributed by atoms with van der Waals surface area (Å²) in [5, 5.41) is 2.89. The molecule has 7 heteroatoms. The Bertz CT molecular complexity index is 914. The molecule has 1 saturated heterocycles. The van der Waals surface area contributed by atoms with Gasteiger partial charge in [0.1, 0.15) is 4.32 Å². The third-order valence-corrected chi connectivity index (χ3v) is 6.29. The van der Waals surface area contributed by atoms with Gasteiger partial charge in [-0.2, -0.15) is 0 Å². The highest BCUT2D eigenvalue weighted by Crippen LogP contribution is 2.32. The normalized spacial score (nSPS) is 15.2. The van der Waals surface area contributed by atoms with E-state index in [1.807, 2.05) is 60.7 Å². The Morgan fingerprint density at radius 1 is 1.07 bits per heavy atom. The Morgan fingerprint density at radius 3 is 2.52 bits per heavy atom. The van der Waals surface area contributed by atoms with Gasteiger partial charge in [0, 0.05) is 23.1 Å². The van der Waals surface area contributed by atoms with Gasteiger partial charge in [-0.3, -0.25) is 14.5 Å². The number of rotatable bonds is 8. The Morgan fingerprint density at radius 2 is 1.79 bits per heavy atom. The van der Waals surface area contributed by atoms with Crippen LogP contribution in [-0.4, -0.2) is 27.6 Å². The van der Waals surface area contributed by atoms with Crippen molar-refractivity contribution in [2.45, 2.75) is 25.7 Å². The highest BCUT2D eigenvalue weighted by molar-refractivity contribution is 9.10. The van der Waals surface area contributed by atoms with Crippen molar-refractivity contribution in [3.8, 4) is 0 Å². The quantitative estimate of drug-likeness (QED) is 0.287. The molecular formula is C22H21BrN2O2S2. The zero-order valence-corrected chi connectivity index (χ0v) is 19.0. The van der Waals surface area contributed by atoms with Crippen molar-refractivity contribution in [1.29, 1.82) is 0 Å². The van der Waals surface area contributed by atoms with Gasteiger partial charge < -0.3 is 5.32 Å². The van der Waals surface area contributed by atoms with Crippen LogP contribution < -0.4 is 5.32 Å². The van der Waals surface area contributed by atoms with Crippen LogP contribution in [-0.2, 0) is 9.59 Å². The van der Waals surface area contributed by atoms with Crippen LogP contribution in [0.4, 0.5) is 5.69 Å². The van der Waals surface area contributed by atoms with Crippen LogP contribution in [0.25, 0.3) is 6.08 Å². The van der Waals surface area contributed by atoms with Crippen LogP contribution in [0.3, 0.4) is 0 Å². The van der Waals surface area contributed by atoms with E-state index in [1.165, 1.54) is 11.8 Å². The fraction of sp³-hybridized carbons (Fsp3) is 0.227. The van der Waals surface area contributed by atoms with Crippen molar-refractivity contribution in [3.05, 3.63) is 69.5 Å². The monoisotopic (exact) mass is 488 g/mol. The van der Waals surface area contributed by atoms with Crippen molar-refractivity contribution in [2.24, 2.45) is 0 Å². The van der Waals surface area contributed by atoms with E-state index in [4.69, 9.17) is 12.2 Å². The Hall–Kier alpha value is -1.96. The van der Waals surface area contributed by atoms with Crippen LogP contribution in [0, 0.1) is 0 Å². The SMILES string of the molecule is O=C(CCCCCN1C(=O)C(=Cc2ccccc2)SC1=S)Nc1ccc(Br)cc1. The van der Waals surface area contributed by atoms with Gasteiger partial charge in [0.25, 0.3) is 5.91 Å². The summed E-state index contributed by atoms with van der Waals surface area (Å²) in [5.74, 6) is -0.0273. The standard InChI is InChI=1S/C22H21BrN2O2S2/c23-17-10-12-18(13-11-17)24-20(26)9-5-2-6-14-25-21(27)19(29-22(25)28)15-16-7-3-1-4-8-16/h1,3-4,7-8,10-13,15H,2,5-6,9,14H2,(H,24,26). The second kappa shape index (κ2) is 10.7. The third kappa shape index (κ3) is 6.52. The molecule has 4 nitrogen and oxygen atoms in total. The molecular weight excluding hydrogens is 468 g/mol. The number of hydrogen-bond acceptors (Lipinski definition) is 4. The van der Waals surface area contributed by atoms with Crippen LogP contribution in [0.15, 0.2) is 64.0 Å². The maximum Gasteiger partial charge on any atom is 0.266 e. The number of thiocarbonyl (C=S) groups is 1. The molecule has 0 aliphatic carbocycles. The van der Waals surface area contributed by atoms with E-state index in [0.717, 1.165) is 35.0 Å². The van der Waals surface area contributed by atoms with E-state index in [1.54, 1.807) is 4.90 Å². The van der Waals surface area contributed by atoms with Gasteiger partial charge in [-0.05, 0) is 48.7 Å². The summed E-state index contributed by atoms with van der Waals surface area (Å²) in [6, 6.07) is 17.3. The van der Waals surface area contributed by atoms with Gasteiger partial charge >= 0.3 is 0 Å². The van der Waals surface area contributed by atoms with Crippen molar-refractivity contribution in [2.75, 3.05) is 11.9 Å². The van der Waals surface area contributed by atoms with Gasteiger partial charge in [0.05, 0.1) is 4.91 Å². The number of hydrogen-bond donors (Lipinski definition) is 1. The summed E-state index contributed by atoms with van der Waals surface area (Å²) < 4.78 is 1.58. The van der Waals surface area contributed by atoms with E-state index in [2.05, 4.69) is 21.2 Å². The van der Waals surface area contributed by atoms with Gasteiger partial charge in [-0.15, -0.1) is 0 Å². The lowest BCUT2D eigenvalue weighted by molar-refractivity contribution is -0.122. The van der Waals surface area contributed by atoms with Crippen molar-refractivity contribution in [1.82, 2.24) is 4.90 Å². The van der Waals surface area contributed by atoms with Crippen LogP contribution >= 0.6 is 39.9 Å². The molecule has 29 heavy (non-hydrogen) atoms. The summed E-state index contributed by atoms with van der Waals surface area (Å²) in [7, 11) is 0.